The van der Waals surface area contributed by atoms with Gasteiger partial charge < -0.3 is 22.9 Å². The molecule has 138 valence electrons. The van der Waals surface area contributed by atoms with Crippen LogP contribution in [0.4, 0.5) is 0 Å². The van der Waals surface area contributed by atoms with Gasteiger partial charge in [0.1, 0.15) is 17.1 Å². The molecule has 0 bridgehead atoms. The molecular formula is C21H19NO5. The molecule has 0 radical (unpaired) electrons. The van der Waals surface area contributed by atoms with Gasteiger partial charge in [-0.15, -0.1) is 0 Å². The molecule has 0 saturated carbocycles. The lowest BCUT2D eigenvalue weighted by Gasteiger charge is -2.20. The average molecular weight is 365 g/mol. The lowest BCUT2D eigenvalue weighted by atomic mass is 10.1. The number of carbonyl (C=O) groups excluding carboxylic acids is 1. The quantitative estimate of drug-likeness (QED) is 0.478. The van der Waals surface area contributed by atoms with Gasteiger partial charge in [0.25, 0.3) is 5.91 Å². The van der Waals surface area contributed by atoms with Gasteiger partial charge in [-0.25, -0.2) is 0 Å². The van der Waals surface area contributed by atoms with Crippen LogP contribution in [0.2, 0.25) is 0 Å². The summed E-state index contributed by atoms with van der Waals surface area (Å²) >= 11 is 0. The number of para-hydroxylation sites is 1. The molecule has 0 saturated heterocycles. The van der Waals surface area contributed by atoms with Crippen molar-refractivity contribution in [2.45, 2.75) is 19.7 Å². The minimum absolute atomic E-state index is 0.244. The van der Waals surface area contributed by atoms with Crippen LogP contribution in [0.5, 0.6) is 0 Å². The summed E-state index contributed by atoms with van der Waals surface area (Å²) in [4.78, 5) is 15.0. The van der Waals surface area contributed by atoms with E-state index in [1.807, 2.05) is 36.4 Å². The SMILES string of the molecule is COCc1c(C(=O)N(Cc2ccco2)Cc2ccco2)oc2ccccc12. The van der Waals surface area contributed by atoms with E-state index in [0.717, 1.165) is 10.9 Å². The normalized spacial score (nSPS) is 11.1. The molecule has 0 atom stereocenters. The number of nitrogens with zero attached hydrogens (tertiary/aromatic N) is 1. The van der Waals surface area contributed by atoms with Gasteiger partial charge in [-0.3, -0.25) is 4.79 Å². The molecule has 6 nitrogen and oxygen atoms in total. The fourth-order valence-corrected chi connectivity index (χ4v) is 3.08. The zero-order valence-electron chi connectivity index (χ0n) is 14.9. The maximum absolute atomic E-state index is 13.4. The van der Waals surface area contributed by atoms with Gasteiger partial charge in [0, 0.05) is 18.1 Å². The molecule has 4 aromatic rings. The van der Waals surface area contributed by atoms with E-state index in [1.54, 1.807) is 36.7 Å². The topological polar surface area (TPSA) is 69.0 Å². The molecule has 27 heavy (non-hydrogen) atoms. The first kappa shape index (κ1) is 17.2. The first-order chi connectivity index (χ1) is 13.3. The third-order valence-electron chi connectivity index (χ3n) is 4.32. The van der Waals surface area contributed by atoms with Gasteiger partial charge in [-0.2, -0.15) is 0 Å². The molecule has 1 amide bonds. The van der Waals surface area contributed by atoms with Gasteiger partial charge >= 0.3 is 0 Å². The first-order valence-electron chi connectivity index (χ1n) is 8.59. The number of fused-ring (bicyclic) bond motifs is 1. The molecule has 0 spiro atoms. The highest BCUT2D eigenvalue weighted by atomic mass is 16.5. The van der Waals surface area contributed by atoms with Crippen LogP contribution < -0.4 is 0 Å². The van der Waals surface area contributed by atoms with Crippen molar-refractivity contribution in [3.63, 3.8) is 0 Å². The molecule has 3 heterocycles. The van der Waals surface area contributed by atoms with Crippen LogP contribution in [0, 0.1) is 0 Å². The number of furan rings is 3. The molecule has 4 rings (SSSR count). The van der Waals surface area contributed by atoms with Crippen LogP contribution in [0.15, 0.2) is 74.3 Å². The van der Waals surface area contributed by atoms with Gasteiger partial charge in [-0.05, 0) is 30.3 Å². The summed E-state index contributed by atoms with van der Waals surface area (Å²) in [5.74, 6) is 1.39. The Labute approximate surface area is 155 Å². The van der Waals surface area contributed by atoms with Crippen molar-refractivity contribution >= 4 is 16.9 Å². The second-order valence-electron chi connectivity index (χ2n) is 6.16. The molecule has 3 aromatic heterocycles. The van der Waals surface area contributed by atoms with Gasteiger partial charge in [-0.1, -0.05) is 18.2 Å². The van der Waals surface area contributed by atoms with E-state index >= 15 is 0 Å². The lowest BCUT2D eigenvalue weighted by Crippen LogP contribution is -2.30. The molecule has 0 unspecified atom stereocenters. The summed E-state index contributed by atoms with van der Waals surface area (Å²) in [6.45, 7) is 0.888. The van der Waals surface area contributed by atoms with E-state index in [-0.39, 0.29) is 18.3 Å². The third kappa shape index (κ3) is 3.52. The average Bonchev–Trinajstić information content (AvgIpc) is 3.43. The fraction of sp³-hybridized carbons (Fsp3) is 0.190. The predicted octanol–water partition coefficient (Wildman–Crippen LogP) is 4.61. The van der Waals surface area contributed by atoms with Gasteiger partial charge in [0.2, 0.25) is 0 Å². The summed E-state index contributed by atoms with van der Waals surface area (Å²) in [5.41, 5.74) is 1.39. The highest BCUT2D eigenvalue weighted by Crippen LogP contribution is 2.28. The van der Waals surface area contributed by atoms with Crippen LogP contribution >= 0.6 is 0 Å². The molecule has 0 aliphatic heterocycles. The Morgan fingerprint density at radius 2 is 1.63 bits per heavy atom. The second-order valence-corrected chi connectivity index (χ2v) is 6.16. The van der Waals surface area contributed by atoms with Crippen molar-refractivity contribution in [1.29, 1.82) is 0 Å². The van der Waals surface area contributed by atoms with Crippen molar-refractivity contribution in [1.82, 2.24) is 4.90 Å². The number of methoxy groups -OCH3 is 1. The standard InChI is InChI=1S/C21H19NO5/c1-24-14-18-17-8-2-3-9-19(17)27-20(18)21(23)22(12-15-6-4-10-25-15)13-16-7-5-11-26-16/h2-11H,12-14H2,1H3. The van der Waals surface area contributed by atoms with Crippen molar-refractivity contribution in [2.75, 3.05) is 7.11 Å². The minimum Gasteiger partial charge on any atom is -0.467 e. The Bertz CT molecular complexity index is 978. The molecule has 0 fully saturated rings. The summed E-state index contributed by atoms with van der Waals surface area (Å²) in [7, 11) is 1.60. The van der Waals surface area contributed by atoms with Crippen LogP contribution in [0.3, 0.4) is 0 Å². The number of ether oxygens (including phenoxy) is 1. The van der Waals surface area contributed by atoms with Crippen LogP contribution in [0.25, 0.3) is 11.0 Å². The number of hydrogen-bond donors (Lipinski definition) is 0. The Morgan fingerprint density at radius 1 is 0.963 bits per heavy atom. The van der Waals surface area contributed by atoms with Crippen molar-refractivity contribution in [2.24, 2.45) is 0 Å². The molecule has 0 aliphatic rings. The summed E-state index contributed by atoms with van der Waals surface area (Å²) in [6, 6.07) is 14.8. The lowest BCUT2D eigenvalue weighted by molar-refractivity contribution is 0.0668. The van der Waals surface area contributed by atoms with Crippen LogP contribution in [0.1, 0.15) is 27.6 Å². The smallest absolute Gasteiger partial charge is 0.290 e. The van der Waals surface area contributed by atoms with E-state index in [9.17, 15) is 4.79 Å². The molecular weight excluding hydrogens is 346 g/mol. The van der Waals surface area contributed by atoms with Crippen LogP contribution in [-0.2, 0) is 24.4 Å². The molecule has 0 aliphatic carbocycles. The van der Waals surface area contributed by atoms with Crippen molar-refractivity contribution in [3.8, 4) is 0 Å². The number of carbonyl (C=O) groups is 1. The maximum atomic E-state index is 13.4. The molecule has 0 N–H and O–H groups in total. The first-order valence-corrected chi connectivity index (χ1v) is 8.59. The van der Waals surface area contributed by atoms with Gasteiger partial charge in [0.05, 0.1) is 32.2 Å². The molecule has 6 heteroatoms. The second kappa shape index (κ2) is 7.55. The number of benzene rings is 1. The Hall–Kier alpha value is -3.25. The zero-order chi connectivity index (χ0) is 18.6. The Morgan fingerprint density at radius 3 is 2.22 bits per heavy atom. The number of amides is 1. The highest BCUT2D eigenvalue weighted by Gasteiger charge is 2.26. The largest absolute Gasteiger partial charge is 0.467 e. The number of rotatable bonds is 7. The van der Waals surface area contributed by atoms with Crippen molar-refractivity contribution in [3.05, 3.63) is 83.9 Å². The Balaban J connectivity index is 1.72. The predicted molar refractivity (Wildman–Crippen MR) is 97.9 cm³/mol. The summed E-state index contributed by atoms with van der Waals surface area (Å²) < 4.78 is 22.1. The molecule has 1 aromatic carbocycles. The summed E-state index contributed by atoms with van der Waals surface area (Å²) in [6.07, 6.45) is 3.17. The van der Waals surface area contributed by atoms with E-state index in [2.05, 4.69) is 0 Å². The van der Waals surface area contributed by atoms with E-state index in [1.165, 1.54) is 0 Å². The monoisotopic (exact) mass is 365 g/mol. The Kier molecular flexibility index (Phi) is 4.80. The minimum atomic E-state index is -0.244. The third-order valence-corrected chi connectivity index (χ3v) is 4.32. The van der Waals surface area contributed by atoms with Crippen molar-refractivity contribution < 1.29 is 22.8 Å². The zero-order valence-corrected chi connectivity index (χ0v) is 14.9. The van der Waals surface area contributed by atoms with E-state index in [4.69, 9.17) is 18.0 Å². The van der Waals surface area contributed by atoms with E-state index < -0.39 is 0 Å². The van der Waals surface area contributed by atoms with Gasteiger partial charge in [0.15, 0.2) is 5.76 Å². The summed E-state index contributed by atoms with van der Waals surface area (Å²) in [5, 5.41) is 0.874. The maximum Gasteiger partial charge on any atom is 0.290 e. The highest BCUT2D eigenvalue weighted by molar-refractivity contribution is 5.99. The fourth-order valence-electron chi connectivity index (χ4n) is 3.08. The van der Waals surface area contributed by atoms with Crippen LogP contribution in [-0.4, -0.2) is 17.9 Å². The number of hydrogen-bond acceptors (Lipinski definition) is 5. The van der Waals surface area contributed by atoms with E-state index in [0.29, 0.717) is 30.2 Å².